The SMILES string of the molecule is C=C1[C@@H](O)[C@]23C(O)[C@H]1CC[C@H]2[C@]12CCCC(C)(C)[C@H]1[C@H](O)[C@@]3(O)OC2=O. The van der Waals surface area contributed by atoms with Gasteiger partial charge in [-0.05, 0) is 42.6 Å². The lowest BCUT2D eigenvalue weighted by atomic mass is 9.36. The number of hydrogen-bond acceptors (Lipinski definition) is 6. The minimum absolute atomic E-state index is 0.345. The lowest BCUT2D eigenvalue weighted by Crippen LogP contribution is -2.85. The molecule has 0 aromatic heterocycles. The summed E-state index contributed by atoms with van der Waals surface area (Å²) >= 11 is 0. The summed E-state index contributed by atoms with van der Waals surface area (Å²) in [7, 11) is 0. The molecule has 6 nitrogen and oxygen atoms in total. The zero-order valence-corrected chi connectivity index (χ0v) is 15.3. The molecule has 2 spiro atoms. The van der Waals surface area contributed by atoms with Gasteiger partial charge in [0.05, 0.1) is 23.0 Å². The number of aliphatic hydroxyl groups excluding tert-OH is 3. The van der Waals surface area contributed by atoms with Crippen molar-refractivity contribution in [3.63, 3.8) is 0 Å². The van der Waals surface area contributed by atoms with Crippen molar-refractivity contribution in [3.05, 3.63) is 12.2 Å². The first-order valence-electron chi connectivity index (χ1n) is 9.75. The smallest absolute Gasteiger partial charge is 0.315 e. The van der Waals surface area contributed by atoms with Gasteiger partial charge in [0.25, 0.3) is 0 Å². The van der Waals surface area contributed by atoms with E-state index in [1.54, 1.807) is 0 Å². The molecule has 4 bridgehead atoms. The van der Waals surface area contributed by atoms with Crippen LogP contribution < -0.4 is 0 Å². The number of esters is 1. The van der Waals surface area contributed by atoms with Gasteiger partial charge in [-0.15, -0.1) is 0 Å². The monoisotopic (exact) mass is 364 g/mol. The van der Waals surface area contributed by atoms with Gasteiger partial charge in [0.1, 0.15) is 6.10 Å². The van der Waals surface area contributed by atoms with Gasteiger partial charge in [0, 0.05) is 11.8 Å². The molecule has 6 fully saturated rings. The van der Waals surface area contributed by atoms with E-state index in [1.165, 1.54) is 0 Å². The minimum Gasteiger partial charge on any atom is -0.429 e. The van der Waals surface area contributed by atoms with Crippen LogP contribution in [0.4, 0.5) is 0 Å². The lowest BCUT2D eigenvalue weighted by molar-refractivity contribution is -0.434. The molecular weight excluding hydrogens is 336 g/mol. The fraction of sp³-hybridized carbons (Fsp3) is 0.850. The van der Waals surface area contributed by atoms with Gasteiger partial charge >= 0.3 is 5.97 Å². The molecule has 9 atom stereocenters. The number of fused-ring (bicyclic) bond motifs is 2. The molecule has 1 unspecified atom stereocenters. The van der Waals surface area contributed by atoms with Gasteiger partial charge in [-0.25, -0.2) is 0 Å². The summed E-state index contributed by atoms with van der Waals surface area (Å²) in [5.74, 6) is -4.02. The summed E-state index contributed by atoms with van der Waals surface area (Å²) in [5, 5.41) is 45.2. The molecule has 26 heavy (non-hydrogen) atoms. The average Bonchev–Trinajstić information content (AvgIpc) is 2.66. The van der Waals surface area contributed by atoms with E-state index in [9.17, 15) is 25.2 Å². The lowest BCUT2D eigenvalue weighted by Gasteiger charge is -2.73. The molecule has 2 heterocycles. The highest BCUT2D eigenvalue weighted by atomic mass is 16.7. The Morgan fingerprint density at radius 2 is 1.81 bits per heavy atom. The Morgan fingerprint density at radius 3 is 2.50 bits per heavy atom. The third kappa shape index (κ3) is 1.38. The van der Waals surface area contributed by atoms with Gasteiger partial charge in [-0.2, -0.15) is 0 Å². The molecule has 4 N–H and O–H groups in total. The highest BCUT2D eigenvalue weighted by Gasteiger charge is 2.88. The van der Waals surface area contributed by atoms with Crippen molar-refractivity contribution >= 4 is 5.97 Å². The molecule has 0 amide bonds. The summed E-state index contributed by atoms with van der Waals surface area (Å²) in [6.45, 7) is 8.01. The first kappa shape index (κ1) is 17.2. The fourth-order valence-corrected chi connectivity index (χ4v) is 8.06. The number of hydrogen-bond donors (Lipinski definition) is 4. The number of carbonyl (C=O) groups is 1. The molecular formula is C20H28O6. The normalized spacial score (nSPS) is 59.6. The molecule has 0 aromatic carbocycles. The van der Waals surface area contributed by atoms with Crippen LogP contribution in [0.15, 0.2) is 12.2 Å². The second-order valence-corrected chi connectivity index (χ2v) is 9.98. The van der Waals surface area contributed by atoms with E-state index in [0.29, 0.717) is 24.8 Å². The van der Waals surface area contributed by atoms with Crippen molar-refractivity contribution < 1.29 is 30.0 Å². The standard InChI is InChI=1S/C20H28O6/c1-9-10-5-6-11-18-8-4-7-17(2,3)12(18)15(23)20(25,26-16(18)24)19(11,13(9)21)14(10)22/h10-15,21-23,25H,1,4-8H2,2-3H3/t10-,11-,12+,13+,14?,15-,18+,19-,20+/m0/s1. The third-order valence-electron chi connectivity index (χ3n) is 8.89. The van der Waals surface area contributed by atoms with Crippen molar-refractivity contribution in [2.45, 2.75) is 70.1 Å². The molecule has 6 aliphatic rings. The van der Waals surface area contributed by atoms with Crippen molar-refractivity contribution in [3.8, 4) is 0 Å². The first-order valence-corrected chi connectivity index (χ1v) is 9.75. The molecule has 2 saturated heterocycles. The van der Waals surface area contributed by atoms with Crippen molar-refractivity contribution in [1.82, 2.24) is 0 Å². The van der Waals surface area contributed by atoms with Gasteiger partial charge in [0.15, 0.2) is 0 Å². The Kier molecular flexibility index (Phi) is 3.00. The first-order chi connectivity index (χ1) is 12.1. The van der Waals surface area contributed by atoms with E-state index in [4.69, 9.17) is 4.74 Å². The maximum Gasteiger partial charge on any atom is 0.315 e. The van der Waals surface area contributed by atoms with E-state index in [-0.39, 0.29) is 11.3 Å². The van der Waals surface area contributed by atoms with Gasteiger partial charge < -0.3 is 25.2 Å². The van der Waals surface area contributed by atoms with Crippen LogP contribution in [0.3, 0.4) is 0 Å². The van der Waals surface area contributed by atoms with Gasteiger partial charge in [-0.1, -0.05) is 26.8 Å². The van der Waals surface area contributed by atoms with Crippen LogP contribution in [0, 0.1) is 34.0 Å². The Hall–Kier alpha value is -0.950. The molecule has 4 saturated carbocycles. The van der Waals surface area contributed by atoms with Crippen LogP contribution in [0.5, 0.6) is 0 Å². The van der Waals surface area contributed by atoms with Crippen LogP contribution >= 0.6 is 0 Å². The van der Waals surface area contributed by atoms with Crippen LogP contribution in [0.25, 0.3) is 0 Å². The van der Waals surface area contributed by atoms with E-state index >= 15 is 0 Å². The summed E-state index contributed by atoms with van der Waals surface area (Å²) in [6, 6.07) is 0. The maximum atomic E-state index is 13.2. The predicted molar refractivity (Wildman–Crippen MR) is 90.4 cm³/mol. The summed E-state index contributed by atoms with van der Waals surface area (Å²) < 4.78 is 5.52. The molecule has 0 aromatic rings. The molecule has 6 heteroatoms. The van der Waals surface area contributed by atoms with E-state index in [0.717, 1.165) is 12.8 Å². The maximum absolute atomic E-state index is 13.2. The highest BCUT2D eigenvalue weighted by molar-refractivity contribution is 5.82. The zero-order valence-electron chi connectivity index (χ0n) is 15.3. The number of ether oxygens (including phenoxy) is 1. The molecule has 0 radical (unpaired) electrons. The van der Waals surface area contributed by atoms with E-state index in [2.05, 4.69) is 6.58 Å². The summed E-state index contributed by atoms with van der Waals surface area (Å²) in [4.78, 5) is 13.2. The zero-order chi connectivity index (χ0) is 18.9. The quantitative estimate of drug-likeness (QED) is 0.373. The average molecular weight is 364 g/mol. The molecule has 144 valence electrons. The highest BCUT2D eigenvalue weighted by Crippen LogP contribution is 2.77. The van der Waals surface area contributed by atoms with Crippen molar-refractivity contribution in [2.24, 2.45) is 34.0 Å². The van der Waals surface area contributed by atoms with Crippen LogP contribution in [-0.2, 0) is 9.53 Å². The minimum atomic E-state index is -2.30. The number of rotatable bonds is 0. The summed E-state index contributed by atoms with van der Waals surface area (Å²) in [5.41, 5.74) is -2.35. The van der Waals surface area contributed by atoms with E-state index < -0.39 is 52.7 Å². The Labute approximate surface area is 152 Å². The van der Waals surface area contributed by atoms with Gasteiger partial charge in [-0.3, -0.25) is 4.79 Å². The molecule has 4 aliphatic carbocycles. The fourth-order valence-electron chi connectivity index (χ4n) is 8.06. The number of aliphatic hydroxyl groups is 4. The largest absolute Gasteiger partial charge is 0.429 e. The summed E-state index contributed by atoms with van der Waals surface area (Å²) in [6.07, 6.45) is -0.194. The predicted octanol–water partition coefficient (Wildman–Crippen LogP) is 0.723. The topological polar surface area (TPSA) is 107 Å². The second-order valence-electron chi connectivity index (χ2n) is 9.98. The Bertz CT molecular complexity index is 717. The van der Waals surface area contributed by atoms with E-state index in [1.807, 2.05) is 13.8 Å². The van der Waals surface area contributed by atoms with Crippen molar-refractivity contribution in [1.29, 1.82) is 0 Å². The van der Waals surface area contributed by atoms with Crippen LogP contribution in [0.2, 0.25) is 0 Å². The Morgan fingerprint density at radius 1 is 1.12 bits per heavy atom. The third-order valence-corrected chi connectivity index (χ3v) is 8.89. The second kappa shape index (κ2) is 4.54. The number of carbonyl (C=O) groups excluding carboxylic acids is 1. The van der Waals surface area contributed by atoms with Crippen molar-refractivity contribution in [2.75, 3.05) is 0 Å². The molecule has 2 aliphatic heterocycles. The van der Waals surface area contributed by atoms with Crippen LogP contribution in [-0.4, -0.2) is 50.5 Å². The molecule has 6 rings (SSSR count). The Balaban J connectivity index is 1.82. The van der Waals surface area contributed by atoms with Crippen LogP contribution in [0.1, 0.15) is 46.0 Å². The van der Waals surface area contributed by atoms with Gasteiger partial charge in [0.2, 0.25) is 5.79 Å².